The lowest BCUT2D eigenvalue weighted by Gasteiger charge is -2.24. The number of nitrogens with two attached hydrogens (primary N) is 1. The van der Waals surface area contributed by atoms with Crippen molar-refractivity contribution in [3.63, 3.8) is 0 Å². The second-order valence-electron chi connectivity index (χ2n) is 8.69. The molecule has 0 bridgehead atoms. The van der Waals surface area contributed by atoms with Gasteiger partial charge in [0.2, 0.25) is 11.7 Å². The Morgan fingerprint density at radius 1 is 1.20 bits per heavy atom. The summed E-state index contributed by atoms with van der Waals surface area (Å²) in [7, 11) is 0. The van der Waals surface area contributed by atoms with Crippen molar-refractivity contribution in [2.24, 2.45) is 5.73 Å². The largest absolute Gasteiger partial charge is 0.481 e. The number of oxazole rings is 1. The molecule has 2 heterocycles. The van der Waals surface area contributed by atoms with Crippen molar-refractivity contribution in [2.75, 3.05) is 6.61 Å². The highest BCUT2D eigenvalue weighted by molar-refractivity contribution is 6.30. The summed E-state index contributed by atoms with van der Waals surface area (Å²) in [4.78, 5) is 28.2. The van der Waals surface area contributed by atoms with Gasteiger partial charge in [0, 0.05) is 17.0 Å². The zero-order valence-electron chi connectivity index (χ0n) is 19.5. The van der Waals surface area contributed by atoms with E-state index in [2.05, 4.69) is 4.98 Å². The summed E-state index contributed by atoms with van der Waals surface area (Å²) in [6.45, 7) is 3.71. The molecule has 2 unspecified atom stereocenters. The molecule has 0 aliphatic carbocycles. The Bertz CT molecular complexity index is 1230. The molecule has 0 saturated carbocycles. The Morgan fingerprint density at radius 3 is 2.57 bits per heavy atom. The van der Waals surface area contributed by atoms with Gasteiger partial charge in [0.25, 0.3) is 5.89 Å². The van der Waals surface area contributed by atoms with Gasteiger partial charge >= 0.3 is 5.97 Å². The number of ether oxygens (including phenoxy) is 2. The van der Waals surface area contributed by atoms with E-state index < -0.39 is 23.8 Å². The first-order chi connectivity index (χ1) is 16.7. The summed E-state index contributed by atoms with van der Waals surface area (Å²) in [6.07, 6.45) is 3.76. The van der Waals surface area contributed by atoms with Crippen LogP contribution < -0.4 is 5.73 Å². The van der Waals surface area contributed by atoms with Gasteiger partial charge in [0.1, 0.15) is 12.4 Å². The van der Waals surface area contributed by atoms with Crippen molar-refractivity contribution >= 4 is 23.5 Å². The number of primary amides is 1. The molecular formula is C26H27ClN2O6. The number of carbonyl (C=O) groups excluding carboxylic acids is 1. The maximum atomic E-state index is 12.8. The molecule has 3 N–H and O–H groups in total. The number of carboxylic acids is 1. The Labute approximate surface area is 208 Å². The normalized spacial score (nSPS) is 19.7. The van der Waals surface area contributed by atoms with E-state index in [1.165, 1.54) is 12.5 Å². The minimum absolute atomic E-state index is 0.0388. The van der Waals surface area contributed by atoms with Gasteiger partial charge in [-0.3, -0.25) is 9.59 Å². The van der Waals surface area contributed by atoms with E-state index in [1.807, 2.05) is 37.3 Å². The summed E-state index contributed by atoms with van der Waals surface area (Å²) in [6, 6.07) is 9.39. The summed E-state index contributed by atoms with van der Waals surface area (Å²) < 4.78 is 17.6. The number of carbonyl (C=O) groups is 2. The van der Waals surface area contributed by atoms with Crippen LogP contribution in [-0.4, -0.2) is 28.6 Å². The van der Waals surface area contributed by atoms with Gasteiger partial charge in [0.15, 0.2) is 0 Å². The van der Waals surface area contributed by atoms with Crippen LogP contribution >= 0.6 is 11.6 Å². The van der Waals surface area contributed by atoms with E-state index in [4.69, 9.17) is 31.2 Å². The van der Waals surface area contributed by atoms with E-state index in [1.54, 1.807) is 6.92 Å². The van der Waals surface area contributed by atoms with Crippen molar-refractivity contribution in [3.8, 4) is 0 Å². The zero-order chi connectivity index (χ0) is 25.2. The van der Waals surface area contributed by atoms with Gasteiger partial charge < -0.3 is 24.7 Å². The molecule has 2 atom stereocenters. The topological polar surface area (TPSA) is 125 Å². The molecule has 1 aromatic heterocycles. The van der Waals surface area contributed by atoms with Crippen LogP contribution in [0.1, 0.15) is 63.5 Å². The Morgan fingerprint density at radius 2 is 1.94 bits per heavy atom. The molecule has 2 aromatic carbocycles. The highest BCUT2D eigenvalue weighted by Gasteiger charge is 2.45. The highest BCUT2D eigenvalue weighted by atomic mass is 35.5. The summed E-state index contributed by atoms with van der Waals surface area (Å²) >= 11 is 6.00. The quantitative estimate of drug-likeness (QED) is 0.445. The molecule has 3 aromatic rings. The summed E-state index contributed by atoms with van der Waals surface area (Å²) in [5, 5.41) is 9.91. The number of amides is 1. The molecule has 0 spiro atoms. The number of nitrogens with zero attached hydrogens (tertiary/aromatic N) is 1. The molecular weight excluding hydrogens is 472 g/mol. The smallest absolute Gasteiger partial charge is 0.303 e. The van der Waals surface area contributed by atoms with E-state index in [-0.39, 0.29) is 18.9 Å². The zero-order valence-corrected chi connectivity index (χ0v) is 20.3. The Balaban J connectivity index is 1.74. The second kappa shape index (κ2) is 10.2. The maximum Gasteiger partial charge on any atom is 0.303 e. The number of halogens is 1. The molecule has 1 aliphatic rings. The van der Waals surface area contributed by atoms with Gasteiger partial charge in [-0.25, -0.2) is 4.98 Å². The Hall–Kier alpha value is -3.20. The number of benzene rings is 2. The van der Waals surface area contributed by atoms with Crippen LogP contribution in [0.4, 0.5) is 0 Å². The SMILES string of the molecule is Cc1c(CCC(=O)O)cc(CCc2ccc(Cl)cc2)c(C(N)=O)c1C1COC(C)(c2ncco2)O1. The molecule has 1 fully saturated rings. The van der Waals surface area contributed by atoms with Gasteiger partial charge in [0.05, 0.1) is 12.8 Å². The predicted molar refractivity (Wildman–Crippen MR) is 128 cm³/mol. The average Bonchev–Trinajstić information content (AvgIpc) is 3.49. The van der Waals surface area contributed by atoms with E-state index in [0.717, 1.165) is 22.3 Å². The summed E-state index contributed by atoms with van der Waals surface area (Å²) in [5.41, 5.74) is 10.3. The van der Waals surface area contributed by atoms with Crippen LogP contribution in [0.2, 0.25) is 5.02 Å². The summed E-state index contributed by atoms with van der Waals surface area (Å²) in [5.74, 6) is -2.43. The lowest BCUT2D eigenvalue weighted by Crippen LogP contribution is -2.25. The van der Waals surface area contributed by atoms with Crippen molar-refractivity contribution in [1.29, 1.82) is 0 Å². The molecule has 1 saturated heterocycles. The third-order valence-electron chi connectivity index (χ3n) is 6.30. The first-order valence-electron chi connectivity index (χ1n) is 11.3. The second-order valence-corrected chi connectivity index (χ2v) is 9.13. The lowest BCUT2D eigenvalue weighted by molar-refractivity contribution is -0.178. The first-order valence-corrected chi connectivity index (χ1v) is 11.7. The minimum Gasteiger partial charge on any atom is -0.481 e. The van der Waals surface area contributed by atoms with E-state index in [9.17, 15) is 14.7 Å². The van der Waals surface area contributed by atoms with Crippen LogP contribution in [0.3, 0.4) is 0 Å². The van der Waals surface area contributed by atoms with E-state index >= 15 is 0 Å². The van der Waals surface area contributed by atoms with Gasteiger partial charge in [-0.05, 0) is 73.1 Å². The molecule has 4 rings (SSSR count). The molecule has 184 valence electrons. The van der Waals surface area contributed by atoms with Crippen LogP contribution in [0, 0.1) is 6.92 Å². The van der Waals surface area contributed by atoms with Crippen molar-refractivity contribution in [3.05, 3.63) is 87.1 Å². The highest BCUT2D eigenvalue weighted by Crippen LogP contribution is 2.43. The third kappa shape index (κ3) is 5.40. The maximum absolute atomic E-state index is 12.8. The number of rotatable bonds is 9. The average molecular weight is 499 g/mol. The van der Waals surface area contributed by atoms with Crippen molar-refractivity contribution in [2.45, 2.75) is 51.4 Å². The molecule has 1 aliphatic heterocycles. The lowest BCUT2D eigenvalue weighted by atomic mass is 9.85. The van der Waals surface area contributed by atoms with Crippen molar-refractivity contribution < 1.29 is 28.6 Å². The number of hydrogen-bond acceptors (Lipinski definition) is 6. The molecule has 0 radical (unpaired) electrons. The number of aromatic nitrogens is 1. The van der Waals surface area contributed by atoms with Crippen LogP contribution in [0.5, 0.6) is 0 Å². The Kier molecular flexibility index (Phi) is 7.25. The predicted octanol–water partition coefficient (Wildman–Crippen LogP) is 4.50. The standard InChI is InChI=1S/C26H27ClN2O6/c1-15-17(7-10-21(30)31)13-18(6-3-16-4-8-19(27)9-5-16)23(24(28)32)22(15)20-14-34-26(2,35-20)25-29-11-12-33-25/h4-5,8-9,11-13,20H,3,6-7,10,14H2,1-2H3,(H2,28,32)(H,30,31). The molecule has 8 nitrogen and oxygen atoms in total. The van der Waals surface area contributed by atoms with Crippen LogP contribution in [0.25, 0.3) is 0 Å². The molecule has 9 heteroatoms. The van der Waals surface area contributed by atoms with E-state index in [0.29, 0.717) is 35.4 Å². The van der Waals surface area contributed by atoms with Gasteiger partial charge in [-0.2, -0.15) is 0 Å². The molecule has 35 heavy (non-hydrogen) atoms. The third-order valence-corrected chi connectivity index (χ3v) is 6.55. The van der Waals surface area contributed by atoms with Crippen LogP contribution in [-0.2, 0) is 39.3 Å². The fraction of sp³-hybridized carbons (Fsp3) is 0.346. The number of aliphatic carboxylic acids is 1. The van der Waals surface area contributed by atoms with Crippen LogP contribution in [0.15, 0.2) is 47.2 Å². The number of aryl methyl sites for hydroxylation is 3. The van der Waals surface area contributed by atoms with Gasteiger partial charge in [-0.15, -0.1) is 0 Å². The van der Waals surface area contributed by atoms with Gasteiger partial charge in [-0.1, -0.05) is 29.8 Å². The fourth-order valence-electron chi connectivity index (χ4n) is 4.52. The minimum atomic E-state index is -1.23. The van der Waals surface area contributed by atoms with Crippen molar-refractivity contribution in [1.82, 2.24) is 4.98 Å². The number of hydrogen-bond donors (Lipinski definition) is 2. The fourth-order valence-corrected chi connectivity index (χ4v) is 4.65. The first kappa shape index (κ1) is 24.9. The number of carboxylic acid groups (broad SMARTS) is 1. The molecule has 1 amide bonds. The monoisotopic (exact) mass is 498 g/mol.